The molecule has 0 heterocycles. The molecule has 0 aliphatic carbocycles. The fourth-order valence-electron chi connectivity index (χ4n) is 1.07. The van der Waals surface area contributed by atoms with Gasteiger partial charge in [-0.25, -0.2) is 4.39 Å². The number of hydrogen-bond donors (Lipinski definition) is 1. The largest absolute Gasteiger partial charge is 0.481 e. The van der Waals surface area contributed by atoms with Crippen molar-refractivity contribution in [2.45, 2.75) is 12.8 Å². The van der Waals surface area contributed by atoms with Crippen LogP contribution in [0.4, 0.5) is 4.39 Å². The first-order valence-corrected chi connectivity index (χ1v) is 5.00. The van der Waals surface area contributed by atoms with Crippen LogP contribution in [0.1, 0.15) is 23.2 Å². The minimum Gasteiger partial charge on any atom is -0.481 e. The minimum absolute atomic E-state index is 0.128. The number of carboxylic acid groups (broad SMARTS) is 1. The summed E-state index contributed by atoms with van der Waals surface area (Å²) < 4.78 is 13.3. The monoisotopic (exact) mass is 274 g/mol. The maximum absolute atomic E-state index is 12.8. The quantitative estimate of drug-likeness (QED) is 0.859. The number of Topliss-reactive ketones (excluding diaryl/α,β-unsaturated/α-hetero) is 1. The van der Waals surface area contributed by atoms with E-state index in [0.717, 1.165) is 6.07 Å². The van der Waals surface area contributed by atoms with Crippen LogP contribution in [0.15, 0.2) is 22.7 Å². The first-order chi connectivity index (χ1) is 7.00. The van der Waals surface area contributed by atoms with Crippen LogP contribution in [0.5, 0.6) is 0 Å². The molecule has 3 nitrogen and oxygen atoms in total. The van der Waals surface area contributed by atoms with Gasteiger partial charge < -0.3 is 5.11 Å². The zero-order valence-corrected chi connectivity index (χ0v) is 9.25. The van der Waals surface area contributed by atoms with E-state index in [-0.39, 0.29) is 24.2 Å². The molecule has 0 bridgehead atoms. The molecule has 15 heavy (non-hydrogen) atoms. The fraction of sp³-hybridized carbons (Fsp3) is 0.200. The Morgan fingerprint density at radius 2 is 2.00 bits per heavy atom. The lowest BCUT2D eigenvalue weighted by molar-refractivity contribution is -0.136. The van der Waals surface area contributed by atoms with Crippen LogP contribution in [0.3, 0.4) is 0 Å². The van der Waals surface area contributed by atoms with Gasteiger partial charge in [-0.15, -0.1) is 0 Å². The molecule has 5 heteroatoms. The molecule has 0 aliphatic rings. The number of carbonyl (C=O) groups is 2. The first-order valence-electron chi connectivity index (χ1n) is 4.20. The number of carbonyl (C=O) groups excluding carboxylic acids is 1. The number of carboxylic acids is 1. The Labute approximate surface area is 94.0 Å². The fourth-order valence-corrected chi connectivity index (χ4v) is 1.53. The van der Waals surface area contributed by atoms with E-state index in [2.05, 4.69) is 15.9 Å². The van der Waals surface area contributed by atoms with Gasteiger partial charge >= 0.3 is 5.97 Å². The van der Waals surface area contributed by atoms with E-state index in [0.29, 0.717) is 4.47 Å². The second-order valence-corrected chi connectivity index (χ2v) is 3.80. The van der Waals surface area contributed by atoms with Gasteiger partial charge in [-0.05, 0) is 18.2 Å². The Balaban J connectivity index is 2.81. The molecule has 0 saturated heterocycles. The number of benzene rings is 1. The van der Waals surface area contributed by atoms with E-state index in [9.17, 15) is 14.0 Å². The molecule has 1 rings (SSSR count). The maximum Gasteiger partial charge on any atom is 0.303 e. The van der Waals surface area contributed by atoms with Crippen molar-refractivity contribution in [3.63, 3.8) is 0 Å². The van der Waals surface area contributed by atoms with Crippen LogP contribution < -0.4 is 0 Å². The van der Waals surface area contributed by atoms with E-state index >= 15 is 0 Å². The van der Waals surface area contributed by atoms with Crippen molar-refractivity contribution in [1.82, 2.24) is 0 Å². The van der Waals surface area contributed by atoms with E-state index in [4.69, 9.17) is 5.11 Å². The molecule has 0 saturated carbocycles. The summed E-state index contributed by atoms with van der Waals surface area (Å²) >= 11 is 3.10. The lowest BCUT2D eigenvalue weighted by Crippen LogP contribution is -2.04. The molecular formula is C10H8BrFO3. The third kappa shape index (κ3) is 3.43. The lowest BCUT2D eigenvalue weighted by atomic mass is 10.1. The van der Waals surface area contributed by atoms with Crippen molar-refractivity contribution in [1.29, 1.82) is 0 Å². The zero-order chi connectivity index (χ0) is 11.4. The van der Waals surface area contributed by atoms with Gasteiger partial charge in [0.25, 0.3) is 0 Å². The molecule has 0 radical (unpaired) electrons. The van der Waals surface area contributed by atoms with E-state index in [1.54, 1.807) is 0 Å². The predicted molar refractivity (Wildman–Crippen MR) is 55.3 cm³/mol. The highest BCUT2D eigenvalue weighted by Gasteiger charge is 2.12. The second kappa shape index (κ2) is 5.02. The summed E-state index contributed by atoms with van der Waals surface area (Å²) in [7, 11) is 0. The van der Waals surface area contributed by atoms with Crippen LogP contribution in [0, 0.1) is 5.82 Å². The second-order valence-electron chi connectivity index (χ2n) is 2.94. The molecule has 0 fully saturated rings. The molecule has 0 spiro atoms. The van der Waals surface area contributed by atoms with Gasteiger partial charge in [-0.3, -0.25) is 9.59 Å². The molecule has 0 amide bonds. The van der Waals surface area contributed by atoms with E-state index in [1.807, 2.05) is 0 Å². The van der Waals surface area contributed by atoms with Crippen LogP contribution in [0.25, 0.3) is 0 Å². The van der Waals surface area contributed by atoms with Crippen LogP contribution in [-0.4, -0.2) is 16.9 Å². The van der Waals surface area contributed by atoms with E-state index < -0.39 is 11.8 Å². The van der Waals surface area contributed by atoms with Crippen LogP contribution in [0.2, 0.25) is 0 Å². The number of halogens is 2. The van der Waals surface area contributed by atoms with Gasteiger partial charge in [0, 0.05) is 16.5 Å². The van der Waals surface area contributed by atoms with Gasteiger partial charge in [0.05, 0.1) is 6.42 Å². The summed E-state index contributed by atoms with van der Waals surface area (Å²) in [6, 6.07) is 3.73. The highest BCUT2D eigenvalue weighted by atomic mass is 79.9. The zero-order valence-electron chi connectivity index (χ0n) is 7.67. The summed E-state index contributed by atoms with van der Waals surface area (Å²) in [5, 5.41) is 8.40. The average Bonchev–Trinajstić information content (AvgIpc) is 2.18. The highest BCUT2D eigenvalue weighted by Crippen LogP contribution is 2.19. The molecule has 0 unspecified atom stereocenters. The normalized spacial score (nSPS) is 10.0. The van der Waals surface area contributed by atoms with Gasteiger partial charge in [0.2, 0.25) is 0 Å². The first kappa shape index (κ1) is 11.8. The summed E-state index contributed by atoms with van der Waals surface area (Å²) in [6.45, 7) is 0. The standard InChI is InChI=1S/C10H8BrFO3/c11-8-2-1-6(12)5-7(8)9(13)3-4-10(14)15/h1-2,5H,3-4H2,(H,14,15). The Hall–Kier alpha value is -1.23. The lowest BCUT2D eigenvalue weighted by Gasteiger charge is -2.02. The van der Waals surface area contributed by atoms with Crippen molar-refractivity contribution < 1.29 is 19.1 Å². The Morgan fingerprint density at radius 3 is 2.60 bits per heavy atom. The summed E-state index contributed by atoms with van der Waals surface area (Å²) in [4.78, 5) is 21.7. The van der Waals surface area contributed by atoms with Gasteiger partial charge in [-0.1, -0.05) is 15.9 Å². The van der Waals surface area contributed by atoms with Crippen LogP contribution >= 0.6 is 15.9 Å². The Morgan fingerprint density at radius 1 is 1.33 bits per heavy atom. The van der Waals surface area contributed by atoms with Crippen LogP contribution in [-0.2, 0) is 4.79 Å². The van der Waals surface area contributed by atoms with Crippen molar-refractivity contribution in [2.75, 3.05) is 0 Å². The summed E-state index contributed by atoms with van der Waals surface area (Å²) in [5.41, 5.74) is 0.177. The van der Waals surface area contributed by atoms with E-state index in [1.165, 1.54) is 12.1 Å². The maximum atomic E-state index is 12.8. The Bertz CT molecular complexity index is 404. The molecule has 1 N–H and O–H groups in total. The molecule has 0 aliphatic heterocycles. The number of hydrogen-bond acceptors (Lipinski definition) is 2. The van der Waals surface area contributed by atoms with Gasteiger partial charge in [0.1, 0.15) is 5.82 Å². The topological polar surface area (TPSA) is 54.4 Å². The van der Waals surface area contributed by atoms with Gasteiger partial charge in [0.15, 0.2) is 5.78 Å². The third-order valence-electron chi connectivity index (χ3n) is 1.79. The molecular weight excluding hydrogens is 267 g/mol. The molecule has 1 aromatic rings. The molecule has 1 aromatic carbocycles. The predicted octanol–water partition coefficient (Wildman–Crippen LogP) is 2.64. The summed E-state index contributed by atoms with van der Waals surface area (Å²) in [5.74, 6) is -1.95. The third-order valence-corrected chi connectivity index (χ3v) is 2.49. The smallest absolute Gasteiger partial charge is 0.303 e. The average molecular weight is 275 g/mol. The number of ketones is 1. The summed E-state index contributed by atoms with van der Waals surface area (Å²) in [6.07, 6.45) is -0.376. The van der Waals surface area contributed by atoms with Crippen molar-refractivity contribution in [3.8, 4) is 0 Å². The van der Waals surface area contributed by atoms with Crippen molar-refractivity contribution in [3.05, 3.63) is 34.1 Å². The molecule has 0 atom stereocenters. The molecule has 0 aromatic heterocycles. The van der Waals surface area contributed by atoms with Crippen molar-refractivity contribution in [2.24, 2.45) is 0 Å². The highest BCUT2D eigenvalue weighted by molar-refractivity contribution is 9.10. The SMILES string of the molecule is O=C(O)CCC(=O)c1cc(F)ccc1Br. The minimum atomic E-state index is -1.05. The number of rotatable bonds is 4. The number of aliphatic carboxylic acids is 1. The van der Waals surface area contributed by atoms with Gasteiger partial charge in [-0.2, -0.15) is 0 Å². The molecule has 80 valence electrons. The Kier molecular flexibility index (Phi) is 3.96. The van der Waals surface area contributed by atoms with Crippen molar-refractivity contribution >= 4 is 27.7 Å².